The Morgan fingerprint density at radius 2 is 1.72 bits per heavy atom. The van der Waals surface area contributed by atoms with Crippen molar-refractivity contribution >= 4 is 12.1 Å². The Balaban J connectivity index is 2.03. The summed E-state index contributed by atoms with van der Waals surface area (Å²) in [6.45, 7) is 5.01. The van der Waals surface area contributed by atoms with Crippen LogP contribution in [-0.4, -0.2) is 17.0 Å². The molecule has 1 atom stereocenters. The van der Waals surface area contributed by atoms with Gasteiger partial charge in [0, 0.05) is 18.3 Å². The van der Waals surface area contributed by atoms with Crippen molar-refractivity contribution in [2.75, 3.05) is 0 Å². The number of nitrogens with one attached hydrogen (secondary N) is 1. The zero-order valence-electron chi connectivity index (χ0n) is 14.6. The highest BCUT2D eigenvalue weighted by molar-refractivity contribution is 5.76. The van der Waals surface area contributed by atoms with Crippen molar-refractivity contribution < 1.29 is 19.4 Å². The van der Waals surface area contributed by atoms with E-state index in [1.165, 1.54) is 0 Å². The highest BCUT2D eigenvalue weighted by Gasteiger charge is 2.26. The van der Waals surface area contributed by atoms with Crippen LogP contribution in [0.2, 0.25) is 0 Å². The van der Waals surface area contributed by atoms with Gasteiger partial charge in [-0.25, -0.2) is 19.4 Å². The zero-order valence-corrected chi connectivity index (χ0v) is 14.6. The second kappa shape index (κ2) is 8.28. The maximum atomic E-state index is 12.0. The third kappa shape index (κ3) is 5.91. The fourth-order valence-electron chi connectivity index (χ4n) is 2.03. The van der Waals surface area contributed by atoms with Gasteiger partial charge in [-0.15, -0.1) is 0 Å². The molecule has 0 unspecified atom stereocenters. The van der Waals surface area contributed by atoms with Crippen LogP contribution < -0.4 is 5.32 Å². The van der Waals surface area contributed by atoms with Crippen LogP contribution in [-0.2, 0) is 21.0 Å². The Morgan fingerprint density at radius 1 is 1.04 bits per heavy atom. The fraction of sp³-hybridized carbons (Fsp3) is 0.316. The molecule has 0 aliphatic carbocycles. The normalized spacial score (nSPS) is 12.1. The quantitative estimate of drug-likeness (QED) is 0.678. The van der Waals surface area contributed by atoms with E-state index in [2.05, 4.69) is 20.1 Å². The summed E-state index contributed by atoms with van der Waals surface area (Å²) in [5.74, 6) is -0.622. The molecule has 2 aromatic rings. The molecule has 2 rings (SSSR count). The standard InChI is InChI=1S/C19H22N2O4/c1-19(2,3)17(22)24-25-18(23)21-16(14-9-5-4-6-10-14)13-15-11-7-8-12-20-15/h4-12,16H,13H2,1-3H3,(H,21,23)/t16-/m0/s1. The molecule has 0 aliphatic rings. The Morgan fingerprint density at radius 3 is 2.32 bits per heavy atom. The molecule has 0 bridgehead atoms. The predicted molar refractivity (Wildman–Crippen MR) is 92.3 cm³/mol. The Bertz CT molecular complexity index is 696. The minimum absolute atomic E-state index is 0.364. The third-order valence-electron chi connectivity index (χ3n) is 3.44. The van der Waals surface area contributed by atoms with Crippen molar-refractivity contribution in [3.63, 3.8) is 0 Å². The molecule has 25 heavy (non-hydrogen) atoms. The summed E-state index contributed by atoms with van der Waals surface area (Å²) < 4.78 is 0. The first-order valence-corrected chi connectivity index (χ1v) is 8.00. The molecule has 6 nitrogen and oxygen atoms in total. The van der Waals surface area contributed by atoms with Gasteiger partial charge >= 0.3 is 12.1 Å². The summed E-state index contributed by atoms with van der Waals surface area (Å²) in [4.78, 5) is 37.2. The molecular formula is C19H22N2O4. The molecule has 1 N–H and O–H groups in total. The van der Waals surface area contributed by atoms with E-state index in [0.717, 1.165) is 11.3 Å². The second-order valence-electron chi connectivity index (χ2n) is 6.62. The average molecular weight is 342 g/mol. The zero-order chi connectivity index (χ0) is 18.3. The molecule has 0 aliphatic heterocycles. The maximum Gasteiger partial charge on any atom is 0.450 e. The van der Waals surface area contributed by atoms with Crippen molar-refractivity contribution in [1.82, 2.24) is 10.3 Å². The number of benzene rings is 1. The lowest BCUT2D eigenvalue weighted by Crippen LogP contribution is -2.33. The number of carbonyl (C=O) groups is 2. The molecule has 0 saturated heterocycles. The predicted octanol–water partition coefficient (Wildman–Crippen LogP) is 3.60. The van der Waals surface area contributed by atoms with E-state index in [4.69, 9.17) is 0 Å². The van der Waals surface area contributed by atoms with Gasteiger partial charge in [-0.05, 0) is 38.5 Å². The smallest absolute Gasteiger partial charge is 0.311 e. The van der Waals surface area contributed by atoms with Crippen LogP contribution >= 0.6 is 0 Å². The van der Waals surface area contributed by atoms with Crippen LogP contribution in [0.25, 0.3) is 0 Å². The molecule has 1 amide bonds. The van der Waals surface area contributed by atoms with Gasteiger partial charge in [-0.3, -0.25) is 4.98 Å². The SMILES string of the molecule is CC(C)(C)C(=O)OOC(=O)N[C@@H](Cc1ccccn1)c1ccccc1. The van der Waals surface area contributed by atoms with E-state index in [1.54, 1.807) is 27.0 Å². The van der Waals surface area contributed by atoms with Gasteiger partial charge in [0.15, 0.2) is 0 Å². The largest absolute Gasteiger partial charge is 0.450 e. The summed E-state index contributed by atoms with van der Waals surface area (Å²) in [6, 6.07) is 14.7. The van der Waals surface area contributed by atoms with Crippen molar-refractivity contribution in [2.24, 2.45) is 5.41 Å². The number of hydrogen-bond donors (Lipinski definition) is 1. The lowest BCUT2D eigenvalue weighted by Gasteiger charge is -2.19. The van der Waals surface area contributed by atoms with Gasteiger partial charge in [0.25, 0.3) is 0 Å². The average Bonchev–Trinajstić information content (AvgIpc) is 2.60. The molecule has 0 radical (unpaired) electrons. The van der Waals surface area contributed by atoms with E-state index in [1.807, 2.05) is 48.5 Å². The second-order valence-corrected chi connectivity index (χ2v) is 6.62. The van der Waals surface area contributed by atoms with E-state index in [-0.39, 0.29) is 6.04 Å². The lowest BCUT2D eigenvalue weighted by atomic mass is 9.98. The molecule has 1 heterocycles. The fourth-order valence-corrected chi connectivity index (χ4v) is 2.03. The molecular weight excluding hydrogens is 320 g/mol. The van der Waals surface area contributed by atoms with Crippen LogP contribution in [0.1, 0.15) is 38.1 Å². The van der Waals surface area contributed by atoms with Crippen molar-refractivity contribution in [1.29, 1.82) is 0 Å². The minimum atomic E-state index is -0.831. The molecule has 0 saturated carbocycles. The molecule has 1 aromatic heterocycles. The first-order chi connectivity index (χ1) is 11.9. The van der Waals surface area contributed by atoms with Crippen LogP contribution in [0, 0.1) is 5.41 Å². The van der Waals surface area contributed by atoms with Crippen LogP contribution in [0.5, 0.6) is 0 Å². The summed E-state index contributed by atoms with van der Waals surface area (Å²) in [6.07, 6.45) is 1.34. The maximum absolute atomic E-state index is 12.0. The number of hydrogen-bond acceptors (Lipinski definition) is 5. The van der Waals surface area contributed by atoms with Gasteiger partial charge in [-0.2, -0.15) is 0 Å². The number of amides is 1. The van der Waals surface area contributed by atoms with E-state index < -0.39 is 17.5 Å². The van der Waals surface area contributed by atoms with Gasteiger partial charge in [0.1, 0.15) is 0 Å². The number of rotatable bonds is 4. The monoisotopic (exact) mass is 342 g/mol. The molecule has 0 spiro atoms. The highest BCUT2D eigenvalue weighted by atomic mass is 17.2. The summed E-state index contributed by atoms with van der Waals surface area (Å²) in [5.41, 5.74) is 0.961. The number of nitrogens with zero attached hydrogens (tertiary/aromatic N) is 1. The molecule has 6 heteroatoms. The lowest BCUT2D eigenvalue weighted by molar-refractivity contribution is -0.241. The Hall–Kier alpha value is -2.89. The Kier molecular flexibility index (Phi) is 6.11. The summed E-state index contributed by atoms with van der Waals surface area (Å²) in [7, 11) is 0. The number of aromatic nitrogens is 1. The summed E-state index contributed by atoms with van der Waals surface area (Å²) >= 11 is 0. The molecule has 132 valence electrons. The molecule has 1 aromatic carbocycles. The van der Waals surface area contributed by atoms with E-state index >= 15 is 0 Å². The van der Waals surface area contributed by atoms with Crippen LogP contribution in [0.3, 0.4) is 0 Å². The van der Waals surface area contributed by atoms with Gasteiger partial charge in [-0.1, -0.05) is 36.4 Å². The van der Waals surface area contributed by atoms with Gasteiger partial charge in [0.05, 0.1) is 11.5 Å². The van der Waals surface area contributed by atoms with Crippen molar-refractivity contribution in [2.45, 2.75) is 33.2 Å². The number of carbonyl (C=O) groups excluding carboxylic acids is 2. The number of pyridine rings is 1. The Labute approximate surface area is 147 Å². The summed E-state index contributed by atoms with van der Waals surface area (Å²) in [5, 5.41) is 2.71. The minimum Gasteiger partial charge on any atom is -0.311 e. The van der Waals surface area contributed by atoms with E-state index in [0.29, 0.717) is 6.42 Å². The molecule has 0 fully saturated rings. The van der Waals surface area contributed by atoms with Crippen molar-refractivity contribution in [3.05, 3.63) is 66.0 Å². The van der Waals surface area contributed by atoms with Gasteiger partial charge in [0.2, 0.25) is 0 Å². The van der Waals surface area contributed by atoms with Crippen molar-refractivity contribution in [3.8, 4) is 0 Å². The van der Waals surface area contributed by atoms with E-state index in [9.17, 15) is 9.59 Å². The highest BCUT2D eigenvalue weighted by Crippen LogP contribution is 2.18. The van der Waals surface area contributed by atoms with Crippen LogP contribution in [0.15, 0.2) is 54.7 Å². The first kappa shape index (κ1) is 18.4. The van der Waals surface area contributed by atoms with Crippen LogP contribution in [0.4, 0.5) is 4.79 Å². The third-order valence-corrected chi connectivity index (χ3v) is 3.44. The topological polar surface area (TPSA) is 77.5 Å². The first-order valence-electron chi connectivity index (χ1n) is 8.00. The van der Waals surface area contributed by atoms with Gasteiger partial charge < -0.3 is 5.32 Å².